The van der Waals surface area contributed by atoms with Gasteiger partial charge in [-0.15, -0.1) is 16.4 Å². The monoisotopic (exact) mass is 167 g/mol. The Morgan fingerprint density at radius 2 is 2.55 bits per heavy atom. The van der Waals surface area contributed by atoms with Crippen LogP contribution in [0.4, 0.5) is 0 Å². The third-order valence-corrected chi connectivity index (χ3v) is 1.97. The Balaban J connectivity index is 2.14. The molecule has 2 aromatic rings. The van der Waals surface area contributed by atoms with E-state index in [0.717, 1.165) is 10.8 Å². The average molecular weight is 167 g/mol. The molecule has 6 heteroatoms. The second-order valence-corrected chi connectivity index (χ2v) is 2.93. The molecule has 2 rings (SSSR count). The number of H-pyrrole nitrogens is 1. The lowest BCUT2D eigenvalue weighted by Crippen LogP contribution is -1.89. The number of tetrazole rings is 1. The number of aromatic nitrogens is 5. The molecule has 0 aromatic carbocycles. The van der Waals surface area contributed by atoms with Crippen molar-refractivity contribution in [2.24, 2.45) is 0 Å². The van der Waals surface area contributed by atoms with Crippen molar-refractivity contribution in [3.63, 3.8) is 0 Å². The molecule has 0 bridgehead atoms. The van der Waals surface area contributed by atoms with E-state index in [9.17, 15) is 0 Å². The van der Waals surface area contributed by atoms with E-state index in [1.54, 1.807) is 17.5 Å². The Morgan fingerprint density at radius 1 is 1.55 bits per heavy atom. The number of nitrogens with one attached hydrogen (secondary N) is 1. The van der Waals surface area contributed by atoms with Gasteiger partial charge in [-0.05, 0) is 10.4 Å². The van der Waals surface area contributed by atoms with Crippen molar-refractivity contribution < 1.29 is 0 Å². The van der Waals surface area contributed by atoms with Gasteiger partial charge < -0.3 is 0 Å². The minimum Gasteiger partial charge on any atom is -0.249 e. The van der Waals surface area contributed by atoms with Crippen LogP contribution in [-0.4, -0.2) is 25.6 Å². The van der Waals surface area contributed by atoms with Gasteiger partial charge in [-0.1, -0.05) is 0 Å². The van der Waals surface area contributed by atoms with Gasteiger partial charge in [-0.25, -0.2) is 10.1 Å². The Bertz CT molecular complexity index is 267. The van der Waals surface area contributed by atoms with Gasteiger partial charge in [-0.3, -0.25) is 0 Å². The summed E-state index contributed by atoms with van der Waals surface area (Å²) in [4.78, 5) is 4.09. The van der Waals surface area contributed by atoms with Crippen molar-refractivity contribution >= 4 is 11.3 Å². The summed E-state index contributed by atoms with van der Waals surface area (Å²) in [5.41, 5.74) is 0. The fourth-order valence-electron chi connectivity index (χ4n) is 0.737. The lowest BCUT2D eigenvalue weighted by atomic mass is 10.4. The molecule has 0 atom stereocenters. The molecule has 11 heavy (non-hydrogen) atoms. The summed E-state index contributed by atoms with van der Waals surface area (Å²) in [7, 11) is 0. The molecule has 1 N–H and O–H groups in total. The molecule has 56 valence electrons. The smallest absolute Gasteiger partial charge is 0.155 e. The second-order valence-electron chi connectivity index (χ2n) is 1.95. The minimum absolute atomic E-state index is 0.685. The van der Waals surface area contributed by atoms with Crippen molar-refractivity contribution in [3.05, 3.63) is 22.4 Å². The van der Waals surface area contributed by atoms with Crippen LogP contribution in [0.1, 0.15) is 10.8 Å². The van der Waals surface area contributed by atoms with E-state index >= 15 is 0 Å². The molecule has 5 nitrogen and oxygen atoms in total. The van der Waals surface area contributed by atoms with Gasteiger partial charge >= 0.3 is 0 Å². The Hall–Kier alpha value is -1.30. The highest BCUT2D eigenvalue weighted by atomic mass is 32.1. The van der Waals surface area contributed by atoms with Gasteiger partial charge in [0.1, 0.15) is 5.01 Å². The molecular formula is C5H5N5S. The highest BCUT2D eigenvalue weighted by Gasteiger charge is 2.00. The van der Waals surface area contributed by atoms with Crippen LogP contribution in [0, 0.1) is 0 Å². The fourth-order valence-corrected chi connectivity index (χ4v) is 1.36. The molecule has 0 aliphatic rings. The van der Waals surface area contributed by atoms with Gasteiger partial charge in [0, 0.05) is 11.6 Å². The zero-order valence-electron chi connectivity index (χ0n) is 5.56. The number of thiazole rings is 1. The van der Waals surface area contributed by atoms with Gasteiger partial charge in [-0.2, -0.15) is 0 Å². The summed E-state index contributed by atoms with van der Waals surface area (Å²) in [6.45, 7) is 0. The Kier molecular flexibility index (Phi) is 1.60. The molecule has 0 aliphatic carbocycles. The largest absolute Gasteiger partial charge is 0.249 e. The molecule has 0 radical (unpaired) electrons. The van der Waals surface area contributed by atoms with E-state index in [2.05, 4.69) is 25.6 Å². The van der Waals surface area contributed by atoms with Gasteiger partial charge in [0.05, 0.1) is 6.42 Å². The van der Waals surface area contributed by atoms with Crippen LogP contribution in [0.25, 0.3) is 0 Å². The number of hydrogen-bond acceptors (Lipinski definition) is 5. The standard InChI is InChI=1S/C5H5N5S/c1-2-11-5(6-1)3-4-7-9-10-8-4/h1-2H,3H2,(H,7,8,9,10). The molecular weight excluding hydrogens is 162 g/mol. The minimum atomic E-state index is 0.685. The number of rotatable bonds is 2. The van der Waals surface area contributed by atoms with Gasteiger partial charge in [0.2, 0.25) is 0 Å². The maximum atomic E-state index is 4.09. The summed E-state index contributed by atoms with van der Waals surface area (Å²) < 4.78 is 0. The molecule has 2 aromatic heterocycles. The second kappa shape index (κ2) is 2.75. The predicted molar refractivity (Wildman–Crippen MR) is 39.1 cm³/mol. The quantitative estimate of drug-likeness (QED) is 0.696. The van der Waals surface area contributed by atoms with E-state index in [0.29, 0.717) is 6.42 Å². The molecule has 0 fully saturated rings. The first-order chi connectivity index (χ1) is 5.45. The van der Waals surface area contributed by atoms with E-state index in [4.69, 9.17) is 0 Å². The van der Waals surface area contributed by atoms with Crippen molar-refractivity contribution in [1.29, 1.82) is 0 Å². The van der Waals surface area contributed by atoms with Gasteiger partial charge in [0.25, 0.3) is 0 Å². The van der Waals surface area contributed by atoms with E-state index < -0.39 is 0 Å². The first-order valence-corrected chi connectivity index (χ1v) is 3.94. The molecule has 0 aliphatic heterocycles. The van der Waals surface area contributed by atoms with Crippen LogP contribution < -0.4 is 0 Å². The molecule has 2 heterocycles. The Morgan fingerprint density at radius 3 is 3.18 bits per heavy atom. The normalized spacial score (nSPS) is 10.2. The fraction of sp³-hybridized carbons (Fsp3) is 0.200. The molecule has 0 spiro atoms. The summed E-state index contributed by atoms with van der Waals surface area (Å²) in [5.74, 6) is 0.750. The Labute approximate surface area is 66.5 Å². The molecule has 0 saturated heterocycles. The zero-order valence-corrected chi connectivity index (χ0v) is 6.38. The summed E-state index contributed by atoms with van der Waals surface area (Å²) in [6, 6.07) is 0. The van der Waals surface area contributed by atoms with Crippen LogP contribution in [-0.2, 0) is 6.42 Å². The molecule has 0 amide bonds. The molecule has 0 unspecified atom stereocenters. The van der Waals surface area contributed by atoms with E-state index in [1.165, 1.54) is 0 Å². The van der Waals surface area contributed by atoms with Crippen molar-refractivity contribution in [2.75, 3.05) is 0 Å². The average Bonchev–Trinajstić information content (AvgIpc) is 2.60. The van der Waals surface area contributed by atoms with Crippen LogP contribution >= 0.6 is 11.3 Å². The maximum absolute atomic E-state index is 4.09. The number of nitrogens with zero attached hydrogens (tertiary/aromatic N) is 4. The summed E-state index contributed by atoms with van der Waals surface area (Å²) in [5, 5.41) is 16.3. The maximum Gasteiger partial charge on any atom is 0.155 e. The molecule has 0 saturated carbocycles. The number of hydrogen-bond donors (Lipinski definition) is 1. The third kappa shape index (κ3) is 1.40. The van der Waals surface area contributed by atoms with Crippen LogP contribution in [0.15, 0.2) is 11.6 Å². The van der Waals surface area contributed by atoms with Crippen molar-refractivity contribution in [2.45, 2.75) is 6.42 Å². The first-order valence-electron chi connectivity index (χ1n) is 3.06. The number of aromatic amines is 1. The lowest BCUT2D eigenvalue weighted by molar-refractivity contribution is 0.881. The van der Waals surface area contributed by atoms with Crippen LogP contribution in [0.2, 0.25) is 0 Å². The lowest BCUT2D eigenvalue weighted by Gasteiger charge is -1.85. The highest BCUT2D eigenvalue weighted by Crippen LogP contribution is 2.06. The third-order valence-electron chi connectivity index (χ3n) is 1.19. The summed E-state index contributed by atoms with van der Waals surface area (Å²) >= 11 is 1.59. The van der Waals surface area contributed by atoms with Gasteiger partial charge in [0.15, 0.2) is 5.82 Å². The topological polar surface area (TPSA) is 67.3 Å². The van der Waals surface area contributed by atoms with Crippen LogP contribution in [0.3, 0.4) is 0 Å². The first kappa shape index (κ1) is 6.41. The zero-order chi connectivity index (χ0) is 7.52. The van der Waals surface area contributed by atoms with Crippen molar-refractivity contribution in [1.82, 2.24) is 25.6 Å². The predicted octanol–water partition coefficient (Wildman–Crippen LogP) is 0.247. The van der Waals surface area contributed by atoms with Crippen LogP contribution in [0.5, 0.6) is 0 Å². The van der Waals surface area contributed by atoms with E-state index in [-0.39, 0.29) is 0 Å². The van der Waals surface area contributed by atoms with E-state index in [1.807, 2.05) is 5.38 Å². The summed E-state index contributed by atoms with van der Waals surface area (Å²) in [6.07, 6.45) is 2.45. The highest BCUT2D eigenvalue weighted by molar-refractivity contribution is 7.09. The van der Waals surface area contributed by atoms with Crippen molar-refractivity contribution in [3.8, 4) is 0 Å². The SMILES string of the molecule is c1csc(Cc2nnn[nH]2)n1.